The molecular formula is C8H12N4. The minimum absolute atomic E-state index is 0.385. The lowest BCUT2D eigenvalue weighted by atomic mass is 10.1. The van der Waals surface area contributed by atoms with E-state index in [1.54, 1.807) is 0 Å². The number of nitrogens with zero attached hydrogens (tertiary/aromatic N) is 2. The number of hydrogen-bond acceptors (Lipinski definition) is 4. The second-order valence-corrected chi connectivity index (χ2v) is 3.02. The van der Waals surface area contributed by atoms with E-state index < -0.39 is 0 Å². The van der Waals surface area contributed by atoms with Crippen LogP contribution < -0.4 is 11.1 Å². The van der Waals surface area contributed by atoms with Gasteiger partial charge in [-0.1, -0.05) is 0 Å². The molecule has 0 bridgehead atoms. The zero-order valence-corrected chi connectivity index (χ0v) is 6.83. The summed E-state index contributed by atoms with van der Waals surface area (Å²) in [5, 5.41) is 3.35. The molecular weight excluding hydrogens is 152 g/mol. The Morgan fingerprint density at radius 3 is 3.08 bits per heavy atom. The first-order valence-corrected chi connectivity index (χ1v) is 4.17. The van der Waals surface area contributed by atoms with Crippen LogP contribution in [0.2, 0.25) is 0 Å². The lowest BCUT2D eigenvalue weighted by Crippen LogP contribution is -2.14. The van der Waals surface area contributed by atoms with Crippen molar-refractivity contribution in [3.63, 3.8) is 0 Å². The van der Waals surface area contributed by atoms with Crippen LogP contribution in [0.3, 0.4) is 0 Å². The van der Waals surface area contributed by atoms with E-state index in [2.05, 4.69) is 15.3 Å². The Morgan fingerprint density at radius 2 is 2.42 bits per heavy atom. The van der Waals surface area contributed by atoms with E-state index in [1.807, 2.05) is 6.07 Å². The number of rotatable bonds is 1. The molecule has 0 saturated carbocycles. The van der Waals surface area contributed by atoms with Crippen molar-refractivity contribution in [1.29, 1.82) is 0 Å². The van der Waals surface area contributed by atoms with Crippen LogP contribution in [0.25, 0.3) is 0 Å². The summed E-state index contributed by atoms with van der Waals surface area (Å²) in [5.74, 6) is 0.550. The minimum Gasteiger partial charge on any atom is -0.384 e. The second-order valence-electron chi connectivity index (χ2n) is 3.02. The standard InChI is InChI=1S/C8H12N4/c9-8-4-7(11-5-12-8)6-2-1-3-10-6/h4-6,10H,1-3H2,(H2,9,11,12). The van der Waals surface area contributed by atoms with Gasteiger partial charge in [0.05, 0.1) is 5.69 Å². The number of hydrogen-bond donors (Lipinski definition) is 2. The highest BCUT2D eigenvalue weighted by atomic mass is 15.0. The Labute approximate surface area is 71.2 Å². The Hall–Kier alpha value is -1.16. The third-order valence-corrected chi connectivity index (χ3v) is 2.13. The lowest BCUT2D eigenvalue weighted by Gasteiger charge is -2.08. The summed E-state index contributed by atoms with van der Waals surface area (Å²) in [6.45, 7) is 1.08. The fraction of sp³-hybridized carbons (Fsp3) is 0.500. The Morgan fingerprint density at radius 1 is 1.50 bits per heavy atom. The molecule has 1 unspecified atom stereocenters. The van der Waals surface area contributed by atoms with Crippen LogP contribution >= 0.6 is 0 Å². The second kappa shape index (κ2) is 3.06. The monoisotopic (exact) mass is 164 g/mol. The minimum atomic E-state index is 0.385. The van der Waals surface area contributed by atoms with E-state index in [0.717, 1.165) is 18.7 Å². The maximum absolute atomic E-state index is 5.55. The van der Waals surface area contributed by atoms with E-state index in [1.165, 1.54) is 12.7 Å². The van der Waals surface area contributed by atoms with Crippen LogP contribution in [-0.2, 0) is 0 Å². The van der Waals surface area contributed by atoms with Gasteiger partial charge in [-0.15, -0.1) is 0 Å². The van der Waals surface area contributed by atoms with Crippen molar-refractivity contribution >= 4 is 5.82 Å². The van der Waals surface area contributed by atoms with Crippen molar-refractivity contribution < 1.29 is 0 Å². The van der Waals surface area contributed by atoms with Crippen LogP contribution in [0.1, 0.15) is 24.6 Å². The van der Waals surface area contributed by atoms with Crippen molar-refractivity contribution in [3.8, 4) is 0 Å². The summed E-state index contributed by atoms with van der Waals surface area (Å²) in [6, 6.07) is 2.22. The lowest BCUT2D eigenvalue weighted by molar-refractivity contribution is 0.626. The predicted octanol–water partition coefficient (Wildman–Crippen LogP) is 0.483. The molecule has 1 saturated heterocycles. The van der Waals surface area contributed by atoms with Gasteiger partial charge in [-0.25, -0.2) is 9.97 Å². The topological polar surface area (TPSA) is 63.8 Å². The summed E-state index contributed by atoms with van der Waals surface area (Å²) in [7, 11) is 0. The van der Waals surface area contributed by atoms with Gasteiger partial charge < -0.3 is 11.1 Å². The summed E-state index contributed by atoms with van der Waals surface area (Å²) in [4.78, 5) is 8.02. The first-order chi connectivity index (χ1) is 5.86. The average molecular weight is 164 g/mol. The van der Waals surface area contributed by atoms with Crippen molar-refractivity contribution in [2.75, 3.05) is 12.3 Å². The summed E-state index contributed by atoms with van der Waals surface area (Å²) in [6.07, 6.45) is 3.88. The zero-order valence-electron chi connectivity index (χ0n) is 6.83. The summed E-state index contributed by atoms with van der Waals surface area (Å²) in [5.41, 5.74) is 6.56. The van der Waals surface area contributed by atoms with E-state index >= 15 is 0 Å². The highest BCUT2D eigenvalue weighted by molar-refractivity contribution is 5.29. The third-order valence-electron chi connectivity index (χ3n) is 2.13. The molecule has 1 aromatic rings. The number of anilines is 1. The number of nitrogen functional groups attached to an aromatic ring is 1. The van der Waals surface area contributed by atoms with Gasteiger partial charge >= 0.3 is 0 Å². The first kappa shape index (κ1) is 7.49. The fourth-order valence-corrected chi connectivity index (χ4v) is 1.52. The largest absolute Gasteiger partial charge is 0.384 e. The number of nitrogens with two attached hydrogens (primary N) is 1. The smallest absolute Gasteiger partial charge is 0.127 e. The van der Waals surface area contributed by atoms with Crippen LogP contribution in [0, 0.1) is 0 Å². The molecule has 0 aromatic carbocycles. The average Bonchev–Trinajstić information content (AvgIpc) is 2.56. The van der Waals surface area contributed by atoms with Crippen LogP contribution in [0.4, 0.5) is 5.82 Å². The number of nitrogens with one attached hydrogen (secondary N) is 1. The third kappa shape index (κ3) is 1.38. The van der Waals surface area contributed by atoms with Crippen molar-refractivity contribution in [2.24, 2.45) is 0 Å². The molecule has 0 radical (unpaired) electrons. The van der Waals surface area contributed by atoms with Gasteiger partial charge in [-0.3, -0.25) is 0 Å². The fourth-order valence-electron chi connectivity index (χ4n) is 1.52. The molecule has 1 aliphatic rings. The van der Waals surface area contributed by atoms with Gasteiger partial charge in [0.15, 0.2) is 0 Å². The molecule has 12 heavy (non-hydrogen) atoms. The predicted molar refractivity (Wildman–Crippen MR) is 46.4 cm³/mol. The first-order valence-electron chi connectivity index (χ1n) is 4.17. The maximum atomic E-state index is 5.55. The molecule has 3 N–H and O–H groups in total. The van der Waals surface area contributed by atoms with Crippen LogP contribution in [-0.4, -0.2) is 16.5 Å². The maximum Gasteiger partial charge on any atom is 0.127 e. The molecule has 2 heterocycles. The normalized spacial score (nSPS) is 22.8. The van der Waals surface area contributed by atoms with E-state index in [-0.39, 0.29) is 0 Å². The molecule has 1 fully saturated rings. The van der Waals surface area contributed by atoms with E-state index in [4.69, 9.17) is 5.73 Å². The Kier molecular flexibility index (Phi) is 1.91. The van der Waals surface area contributed by atoms with E-state index in [9.17, 15) is 0 Å². The van der Waals surface area contributed by atoms with Crippen LogP contribution in [0.5, 0.6) is 0 Å². The van der Waals surface area contributed by atoms with Crippen LogP contribution in [0.15, 0.2) is 12.4 Å². The van der Waals surface area contributed by atoms with Crippen molar-refractivity contribution in [1.82, 2.24) is 15.3 Å². The SMILES string of the molecule is Nc1cc(C2CCCN2)ncn1. The summed E-state index contributed by atoms with van der Waals surface area (Å²) >= 11 is 0. The van der Waals surface area contributed by atoms with E-state index in [0.29, 0.717) is 11.9 Å². The number of aromatic nitrogens is 2. The highest BCUT2D eigenvalue weighted by Crippen LogP contribution is 2.21. The van der Waals surface area contributed by atoms with Gasteiger partial charge in [0.2, 0.25) is 0 Å². The Balaban J connectivity index is 2.21. The molecule has 0 amide bonds. The molecule has 4 heteroatoms. The molecule has 0 spiro atoms. The van der Waals surface area contributed by atoms with Gasteiger partial charge in [0.25, 0.3) is 0 Å². The summed E-state index contributed by atoms with van der Waals surface area (Å²) < 4.78 is 0. The zero-order chi connectivity index (χ0) is 8.39. The molecule has 1 atom stereocenters. The molecule has 2 rings (SSSR count). The van der Waals surface area contributed by atoms with Gasteiger partial charge in [0, 0.05) is 12.1 Å². The molecule has 0 aliphatic carbocycles. The van der Waals surface area contributed by atoms with Crippen molar-refractivity contribution in [3.05, 3.63) is 18.1 Å². The van der Waals surface area contributed by atoms with Gasteiger partial charge in [-0.05, 0) is 19.4 Å². The van der Waals surface area contributed by atoms with Crippen molar-refractivity contribution in [2.45, 2.75) is 18.9 Å². The highest BCUT2D eigenvalue weighted by Gasteiger charge is 2.17. The molecule has 1 aliphatic heterocycles. The molecule has 1 aromatic heterocycles. The molecule has 4 nitrogen and oxygen atoms in total. The van der Waals surface area contributed by atoms with Gasteiger partial charge in [-0.2, -0.15) is 0 Å². The Bertz CT molecular complexity index is 268. The van der Waals surface area contributed by atoms with Gasteiger partial charge in [0.1, 0.15) is 12.1 Å². The molecule has 64 valence electrons. The quantitative estimate of drug-likeness (QED) is 0.633.